The van der Waals surface area contributed by atoms with Gasteiger partial charge in [-0.15, -0.1) is 0 Å². The maximum atomic E-state index is 12.0. The van der Waals surface area contributed by atoms with Gasteiger partial charge in [-0.1, -0.05) is 0 Å². The Bertz CT molecular complexity index is 589. The highest BCUT2D eigenvalue weighted by molar-refractivity contribution is 9.10. The van der Waals surface area contributed by atoms with Gasteiger partial charge in [0, 0.05) is 22.7 Å². The quantitative estimate of drug-likeness (QED) is 0.793. The second kappa shape index (κ2) is 7.16. The monoisotopic (exact) mass is 364 g/mol. The molecule has 0 radical (unpaired) electrons. The average Bonchev–Trinajstić information content (AvgIpc) is 2.35. The van der Waals surface area contributed by atoms with E-state index < -0.39 is 10.0 Å². The topological polar surface area (TPSA) is 98.5 Å². The highest BCUT2D eigenvalue weighted by atomic mass is 79.9. The van der Waals surface area contributed by atoms with E-state index in [9.17, 15) is 13.2 Å². The number of halogens is 1. The van der Waals surface area contributed by atoms with Crippen LogP contribution in [-0.2, 0) is 14.8 Å². The molecule has 6 nitrogen and oxygen atoms in total. The number of benzene rings is 1. The fourth-order valence-electron chi connectivity index (χ4n) is 1.51. The van der Waals surface area contributed by atoms with Crippen LogP contribution in [0.5, 0.6) is 0 Å². The van der Waals surface area contributed by atoms with E-state index in [0.29, 0.717) is 17.7 Å². The zero-order valence-corrected chi connectivity index (χ0v) is 13.6. The fraction of sp³-hybridized carbons (Fsp3) is 0.417. The number of ether oxygens (including phenoxy) is 1. The highest BCUT2D eigenvalue weighted by Gasteiger charge is 2.17. The Morgan fingerprint density at radius 2 is 2.15 bits per heavy atom. The first-order valence-electron chi connectivity index (χ1n) is 5.96. The lowest BCUT2D eigenvalue weighted by molar-refractivity contribution is 0.0872. The van der Waals surface area contributed by atoms with Gasteiger partial charge in [-0.2, -0.15) is 0 Å². The first-order chi connectivity index (χ1) is 9.25. The van der Waals surface area contributed by atoms with Crippen LogP contribution in [0.1, 0.15) is 24.2 Å². The van der Waals surface area contributed by atoms with Gasteiger partial charge in [-0.25, -0.2) is 13.6 Å². The number of rotatable bonds is 6. The molecule has 0 bridgehead atoms. The summed E-state index contributed by atoms with van der Waals surface area (Å²) in [5.41, 5.74) is 0.223. The van der Waals surface area contributed by atoms with Crippen molar-refractivity contribution < 1.29 is 17.9 Å². The molecule has 3 N–H and O–H groups in total. The molecule has 0 aliphatic heterocycles. The predicted octanol–water partition coefficient (Wildman–Crippen LogP) is 1.25. The van der Waals surface area contributed by atoms with Gasteiger partial charge in [0.2, 0.25) is 10.0 Å². The average molecular weight is 365 g/mol. The Morgan fingerprint density at radius 1 is 1.50 bits per heavy atom. The summed E-state index contributed by atoms with van der Waals surface area (Å²) in [5, 5.41) is 7.80. The van der Waals surface area contributed by atoms with Crippen molar-refractivity contribution >= 4 is 31.9 Å². The van der Waals surface area contributed by atoms with Crippen LogP contribution in [0.2, 0.25) is 0 Å². The van der Waals surface area contributed by atoms with Crippen molar-refractivity contribution in [1.82, 2.24) is 5.32 Å². The van der Waals surface area contributed by atoms with Crippen LogP contribution in [-0.4, -0.2) is 33.6 Å². The number of amides is 1. The first-order valence-corrected chi connectivity index (χ1v) is 8.30. The third-order valence-corrected chi connectivity index (χ3v) is 4.35. The van der Waals surface area contributed by atoms with Crippen LogP contribution >= 0.6 is 15.9 Å². The second-order valence-corrected chi connectivity index (χ2v) is 6.61. The van der Waals surface area contributed by atoms with Gasteiger partial charge in [-0.05, 0) is 48.0 Å². The molecule has 0 saturated heterocycles. The molecule has 1 aromatic rings. The summed E-state index contributed by atoms with van der Waals surface area (Å²) in [4.78, 5) is 11.9. The van der Waals surface area contributed by atoms with Gasteiger partial charge in [0.05, 0.1) is 11.5 Å². The Labute approximate surface area is 126 Å². The van der Waals surface area contributed by atoms with Gasteiger partial charge < -0.3 is 10.1 Å². The van der Waals surface area contributed by atoms with Gasteiger partial charge in [-0.3, -0.25) is 4.79 Å². The van der Waals surface area contributed by atoms with Crippen molar-refractivity contribution in [2.45, 2.75) is 24.8 Å². The maximum absolute atomic E-state index is 12.0. The molecule has 0 heterocycles. The van der Waals surface area contributed by atoms with E-state index >= 15 is 0 Å². The van der Waals surface area contributed by atoms with E-state index in [2.05, 4.69) is 21.2 Å². The molecule has 0 fully saturated rings. The number of nitrogens with one attached hydrogen (secondary N) is 1. The molecule has 0 aromatic heterocycles. The number of carbonyl (C=O) groups excluding carboxylic acids is 1. The third kappa shape index (κ3) is 4.86. The first kappa shape index (κ1) is 17.1. The summed E-state index contributed by atoms with van der Waals surface area (Å²) < 4.78 is 28.3. The number of primary sulfonamides is 1. The molecule has 0 aliphatic rings. The summed E-state index contributed by atoms with van der Waals surface area (Å²) in [5.74, 6) is -0.380. The number of sulfonamides is 1. The van der Waals surface area contributed by atoms with E-state index in [0.717, 1.165) is 0 Å². The zero-order chi connectivity index (χ0) is 15.3. The zero-order valence-electron chi connectivity index (χ0n) is 11.2. The predicted molar refractivity (Wildman–Crippen MR) is 78.9 cm³/mol. The van der Waals surface area contributed by atoms with Crippen molar-refractivity contribution in [2.24, 2.45) is 5.14 Å². The van der Waals surface area contributed by atoms with E-state index in [1.807, 2.05) is 6.92 Å². The lowest BCUT2D eigenvalue weighted by Crippen LogP contribution is -2.36. The molecule has 112 valence electrons. The Kier molecular flexibility index (Phi) is 6.12. The Balaban J connectivity index is 2.90. The van der Waals surface area contributed by atoms with Crippen molar-refractivity contribution in [3.63, 3.8) is 0 Å². The highest BCUT2D eigenvalue weighted by Crippen LogP contribution is 2.22. The number of hydrogen-bond donors (Lipinski definition) is 2. The minimum Gasteiger partial charge on any atom is -0.380 e. The summed E-state index contributed by atoms with van der Waals surface area (Å²) in [7, 11) is -3.88. The summed E-state index contributed by atoms with van der Waals surface area (Å²) in [6.45, 7) is 4.61. The van der Waals surface area contributed by atoms with Crippen molar-refractivity contribution in [3.05, 3.63) is 28.2 Å². The molecule has 0 spiro atoms. The van der Waals surface area contributed by atoms with E-state index in [-0.39, 0.29) is 22.4 Å². The van der Waals surface area contributed by atoms with Gasteiger partial charge in [0.1, 0.15) is 0 Å². The molecule has 1 rings (SSSR count). The van der Waals surface area contributed by atoms with Crippen LogP contribution in [0, 0.1) is 0 Å². The maximum Gasteiger partial charge on any atom is 0.251 e. The molecule has 8 heteroatoms. The molecule has 20 heavy (non-hydrogen) atoms. The summed E-state index contributed by atoms with van der Waals surface area (Å²) in [6, 6.07) is 4.05. The van der Waals surface area contributed by atoms with Crippen molar-refractivity contribution in [3.8, 4) is 0 Å². The van der Waals surface area contributed by atoms with Crippen molar-refractivity contribution in [2.75, 3.05) is 13.2 Å². The van der Waals surface area contributed by atoms with Gasteiger partial charge >= 0.3 is 0 Å². The Hall–Kier alpha value is -0.960. The lowest BCUT2D eigenvalue weighted by Gasteiger charge is -2.14. The van der Waals surface area contributed by atoms with Gasteiger partial charge in [0.15, 0.2) is 0 Å². The molecule has 1 unspecified atom stereocenters. The fourth-order valence-corrected chi connectivity index (χ4v) is 3.06. The minimum atomic E-state index is -3.88. The van der Waals surface area contributed by atoms with Gasteiger partial charge in [0.25, 0.3) is 5.91 Å². The number of carbonyl (C=O) groups is 1. The van der Waals surface area contributed by atoms with Crippen LogP contribution in [0.25, 0.3) is 0 Å². The van der Waals surface area contributed by atoms with E-state index in [4.69, 9.17) is 9.88 Å². The summed E-state index contributed by atoms with van der Waals surface area (Å²) >= 11 is 3.09. The number of nitrogens with two attached hydrogens (primary N) is 1. The number of hydrogen-bond acceptors (Lipinski definition) is 4. The van der Waals surface area contributed by atoms with Crippen LogP contribution in [0.3, 0.4) is 0 Å². The van der Waals surface area contributed by atoms with E-state index in [1.54, 1.807) is 6.92 Å². The molecule has 0 aliphatic carbocycles. The summed E-state index contributed by atoms with van der Waals surface area (Å²) in [6.07, 6.45) is 0. The molecular formula is C12H17BrN2O4S. The normalized spacial score (nSPS) is 13.0. The SMILES string of the molecule is CCOCC(C)NC(=O)c1ccc(Br)c(S(N)(=O)=O)c1. The molecule has 1 amide bonds. The lowest BCUT2D eigenvalue weighted by atomic mass is 10.2. The molecular weight excluding hydrogens is 348 g/mol. The van der Waals surface area contributed by atoms with E-state index in [1.165, 1.54) is 18.2 Å². The standard InChI is InChI=1S/C12H17BrN2O4S/c1-3-19-7-8(2)15-12(16)9-4-5-10(13)11(6-9)20(14,17)18/h4-6,8H,3,7H2,1-2H3,(H,15,16)(H2,14,17,18). The third-order valence-electron chi connectivity index (χ3n) is 2.45. The largest absolute Gasteiger partial charge is 0.380 e. The smallest absolute Gasteiger partial charge is 0.251 e. The molecule has 1 atom stereocenters. The van der Waals surface area contributed by atoms with Crippen molar-refractivity contribution in [1.29, 1.82) is 0 Å². The van der Waals surface area contributed by atoms with Crippen LogP contribution < -0.4 is 10.5 Å². The second-order valence-electron chi connectivity index (χ2n) is 4.22. The molecule has 1 aromatic carbocycles. The molecule has 0 saturated carbocycles. The van der Waals surface area contributed by atoms with Crippen LogP contribution in [0.4, 0.5) is 0 Å². The Morgan fingerprint density at radius 3 is 2.70 bits per heavy atom. The minimum absolute atomic E-state index is 0.123. The van der Waals surface area contributed by atoms with Crippen LogP contribution in [0.15, 0.2) is 27.6 Å².